The Balaban J connectivity index is 1.39. The van der Waals surface area contributed by atoms with Gasteiger partial charge in [-0.25, -0.2) is 4.39 Å². The Morgan fingerprint density at radius 2 is 1.86 bits per heavy atom. The van der Waals surface area contributed by atoms with E-state index in [0.717, 1.165) is 47.0 Å². The topological polar surface area (TPSA) is 62.2 Å². The number of likely N-dealkylation sites (tertiary alicyclic amines) is 1. The standard InChI is InChI=1S/C31H34FNO4/c1-4-21-13-14-33(17-21)19(2)18-36-25-9-5-22(6-10-25)31-30(23-7-11-28(35)27(32)15-23)20(3)26-16-24(34)8-12-29(26)37-31/h5-12,15-16,19,21,31,34-35H,4,13-14,17-18H2,1-3H3/t19-,21+,31?/m0/s1. The second-order valence-corrected chi connectivity index (χ2v) is 10.2. The zero-order valence-corrected chi connectivity index (χ0v) is 21.6. The molecule has 0 aromatic heterocycles. The molecule has 0 bridgehead atoms. The Bertz CT molecular complexity index is 1300. The third kappa shape index (κ3) is 5.16. The largest absolute Gasteiger partial charge is 0.508 e. The summed E-state index contributed by atoms with van der Waals surface area (Å²) in [6, 6.07) is 17.5. The van der Waals surface area contributed by atoms with Crippen molar-refractivity contribution in [1.82, 2.24) is 4.90 Å². The zero-order chi connectivity index (χ0) is 26.1. The minimum Gasteiger partial charge on any atom is -0.508 e. The molecule has 1 unspecified atom stereocenters. The number of phenols is 2. The molecule has 37 heavy (non-hydrogen) atoms. The van der Waals surface area contributed by atoms with Gasteiger partial charge in [0.15, 0.2) is 11.6 Å². The summed E-state index contributed by atoms with van der Waals surface area (Å²) < 4.78 is 26.9. The number of fused-ring (bicyclic) bond motifs is 1. The van der Waals surface area contributed by atoms with E-state index < -0.39 is 17.7 Å². The van der Waals surface area contributed by atoms with Gasteiger partial charge in [-0.05, 0) is 91.9 Å². The van der Waals surface area contributed by atoms with Crippen LogP contribution in [0.25, 0.3) is 11.1 Å². The lowest BCUT2D eigenvalue weighted by Gasteiger charge is -2.31. The summed E-state index contributed by atoms with van der Waals surface area (Å²) in [6.45, 7) is 9.32. The third-order valence-electron chi connectivity index (χ3n) is 7.73. The van der Waals surface area contributed by atoms with Gasteiger partial charge in [-0.1, -0.05) is 31.5 Å². The van der Waals surface area contributed by atoms with Crippen LogP contribution in [0.3, 0.4) is 0 Å². The van der Waals surface area contributed by atoms with Crippen LogP contribution in [0.1, 0.15) is 56.4 Å². The first-order chi connectivity index (χ1) is 17.8. The monoisotopic (exact) mass is 503 g/mol. The SMILES string of the molecule is CC[C@@H]1CCN([C@@H](C)COc2ccc(C3Oc4ccc(O)cc4C(C)=C3c3ccc(O)c(F)c3)cc2)C1. The molecule has 2 aliphatic rings. The maximum atomic E-state index is 14.3. The quantitative estimate of drug-likeness (QED) is 0.371. The molecule has 0 saturated carbocycles. The minimum atomic E-state index is -0.695. The van der Waals surface area contributed by atoms with Crippen LogP contribution in [-0.4, -0.2) is 40.9 Å². The van der Waals surface area contributed by atoms with Gasteiger partial charge < -0.3 is 19.7 Å². The number of phenolic OH excluding ortho intramolecular Hbond substituents is 2. The van der Waals surface area contributed by atoms with Gasteiger partial charge in [0.25, 0.3) is 0 Å². The first kappa shape index (κ1) is 25.2. The predicted octanol–water partition coefficient (Wildman–Crippen LogP) is 6.80. The predicted molar refractivity (Wildman–Crippen MR) is 143 cm³/mol. The van der Waals surface area contributed by atoms with Crippen LogP contribution in [0.4, 0.5) is 4.39 Å². The molecular weight excluding hydrogens is 469 g/mol. The summed E-state index contributed by atoms with van der Waals surface area (Å²) in [4.78, 5) is 2.50. The lowest BCUT2D eigenvalue weighted by atomic mass is 9.86. The van der Waals surface area contributed by atoms with E-state index in [2.05, 4.69) is 18.7 Å². The number of ether oxygens (including phenoxy) is 2. The molecule has 0 spiro atoms. The molecule has 2 heterocycles. The molecule has 6 heteroatoms. The molecule has 3 aromatic carbocycles. The number of nitrogens with zero attached hydrogens (tertiary/aromatic N) is 1. The molecule has 2 aliphatic heterocycles. The summed E-state index contributed by atoms with van der Waals surface area (Å²) in [5, 5.41) is 19.8. The maximum Gasteiger partial charge on any atom is 0.165 e. The van der Waals surface area contributed by atoms with E-state index in [1.807, 2.05) is 31.2 Å². The van der Waals surface area contributed by atoms with Crippen molar-refractivity contribution < 1.29 is 24.1 Å². The van der Waals surface area contributed by atoms with Crippen LogP contribution in [0.15, 0.2) is 60.7 Å². The van der Waals surface area contributed by atoms with Gasteiger partial charge in [-0.3, -0.25) is 4.90 Å². The van der Waals surface area contributed by atoms with Gasteiger partial charge in [0.1, 0.15) is 30.0 Å². The molecule has 194 valence electrons. The Morgan fingerprint density at radius 3 is 2.57 bits per heavy atom. The van der Waals surface area contributed by atoms with Crippen LogP contribution in [0.2, 0.25) is 0 Å². The molecule has 5 nitrogen and oxygen atoms in total. The van der Waals surface area contributed by atoms with Gasteiger partial charge in [0.05, 0.1) is 0 Å². The van der Waals surface area contributed by atoms with E-state index >= 15 is 0 Å². The molecule has 2 N–H and O–H groups in total. The Labute approximate surface area is 217 Å². The third-order valence-corrected chi connectivity index (χ3v) is 7.73. The van der Waals surface area contributed by atoms with Crippen LogP contribution >= 0.6 is 0 Å². The highest BCUT2D eigenvalue weighted by molar-refractivity contribution is 5.95. The van der Waals surface area contributed by atoms with Crippen molar-refractivity contribution in [2.75, 3.05) is 19.7 Å². The molecule has 0 amide bonds. The second-order valence-electron chi connectivity index (χ2n) is 10.2. The van der Waals surface area contributed by atoms with E-state index in [1.54, 1.807) is 24.3 Å². The number of halogens is 1. The number of allylic oxidation sites excluding steroid dienone is 1. The second kappa shape index (κ2) is 10.5. The summed E-state index contributed by atoms with van der Waals surface area (Å²) in [7, 11) is 0. The summed E-state index contributed by atoms with van der Waals surface area (Å²) in [5.41, 5.74) is 3.90. The molecule has 0 radical (unpaired) electrons. The van der Waals surface area contributed by atoms with Crippen molar-refractivity contribution in [2.45, 2.75) is 45.8 Å². The highest BCUT2D eigenvalue weighted by atomic mass is 19.1. The number of hydrogen-bond acceptors (Lipinski definition) is 5. The van der Waals surface area contributed by atoms with Gasteiger partial charge in [-0.2, -0.15) is 0 Å². The van der Waals surface area contributed by atoms with Gasteiger partial charge in [0, 0.05) is 23.7 Å². The zero-order valence-electron chi connectivity index (χ0n) is 21.6. The molecule has 1 fully saturated rings. The summed E-state index contributed by atoms with van der Waals surface area (Å²) >= 11 is 0. The molecular formula is C31H34FNO4. The number of rotatable bonds is 7. The molecule has 0 aliphatic carbocycles. The highest BCUT2D eigenvalue weighted by Crippen LogP contribution is 2.47. The highest BCUT2D eigenvalue weighted by Gasteiger charge is 2.30. The van der Waals surface area contributed by atoms with Crippen molar-refractivity contribution in [3.8, 4) is 23.0 Å². The van der Waals surface area contributed by atoms with Gasteiger partial charge in [-0.15, -0.1) is 0 Å². The number of hydrogen-bond donors (Lipinski definition) is 2. The molecule has 5 rings (SSSR count). The average molecular weight is 504 g/mol. The van der Waals surface area contributed by atoms with Gasteiger partial charge >= 0.3 is 0 Å². The summed E-state index contributed by atoms with van der Waals surface area (Å²) in [6.07, 6.45) is 2.00. The maximum absolute atomic E-state index is 14.3. The van der Waals surface area contributed by atoms with Crippen LogP contribution in [-0.2, 0) is 0 Å². The first-order valence-electron chi connectivity index (χ1n) is 13.0. The summed E-state index contributed by atoms with van der Waals surface area (Å²) in [5.74, 6) is 1.27. The lowest BCUT2D eigenvalue weighted by Crippen LogP contribution is -2.35. The van der Waals surface area contributed by atoms with Crippen molar-refractivity contribution >= 4 is 11.1 Å². The average Bonchev–Trinajstić information content (AvgIpc) is 3.39. The van der Waals surface area contributed by atoms with Gasteiger partial charge in [0.2, 0.25) is 0 Å². The van der Waals surface area contributed by atoms with Crippen molar-refractivity contribution in [1.29, 1.82) is 0 Å². The van der Waals surface area contributed by atoms with E-state index in [4.69, 9.17) is 9.47 Å². The molecule has 1 saturated heterocycles. The fourth-order valence-corrected chi connectivity index (χ4v) is 5.38. The van der Waals surface area contributed by atoms with E-state index in [9.17, 15) is 14.6 Å². The van der Waals surface area contributed by atoms with Crippen LogP contribution in [0, 0.1) is 11.7 Å². The Kier molecular flexibility index (Phi) is 7.11. The smallest absolute Gasteiger partial charge is 0.165 e. The number of aromatic hydroxyl groups is 2. The Hall–Kier alpha value is -3.51. The van der Waals surface area contributed by atoms with Crippen molar-refractivity contribution in [3.05, 3.63) is 83.2 Å². The Morgan fingerprint density at radius 1 is 1.08 bits per heavy atom. The van der Waals surface area contributed by atoms with Crippen LogP contribution in [0.5, 0.6) is 23.0 Å². The fraction of sp³-hybridized carbons (Fsp3) is 0.355. The minimum absolute atomic E-state index is 0.131. The van der Waals surface area contributed by atoms with Crippen LogP contribution < -0.4 is 9.47 Å². The molecule has 3 atom stereocenters. The molecule has 3 aromatic rings. The van der Waals surface area contributed by atoms with Crippen molar-refractivity contribution in [2.24, 2.45) is 5.92 Å². The van der Waals surface area contributed by atoms with E-state index in [0.29, 0.717) is 24.0 Å². The van der Waals surface area contributed by atoms with E-state index in [1.165, 1.54) is 25.0 Å². The number of benzene rings is 3. The first-order valence-corrected chi connectivity index (χ1v) is 13.0. The normalized spacial score (nSPS) is 20.4. The van der Waals surface area contributed by atoms with E-state index in [-0.39, 0.29) is 5.75 Å². The fourth-order valence-electron chi connectivity index (χ4n) is 5.38. The van der Waals surface area contributed by atoms with Crippen molar-refractivity contribution in [3.63, 3.8) is 0 Å². The lowest BCUT2D eigenvalue weighted by molar-refractivity contribution is 0.168.